The zero-order chi connectivity index (χ0) is 19.9. The molecule has 0 nitrogen and oxygen atoms in total. The van der Waals surface area contributed by atoms with E-state index < -0.39 is 0 Å². The summed E-state index contributed by atoms with van der Waals surface area (Å²) in [5, 5.41) is 5.85. The summed E-state index contributed by atoms with van der Waals surface area (Å²) in [6.45, 7) is 12.1. The number of benzene rings is 3. The van der Waals surface area contributed by atoms with Crippen LogP contribution in [0.2, 0.25) is 0 Å². The van der Waals surface area contributed by atoms with Crippen LogP contribution in [-0.4, -0.2) is 0 Å². The van der Waals surface area contributed by atoms with E-state index in [0.29, 0.717) is 0 Å². The minimum absolute atomic E-state index is 0.242. The van der Waals surface area contributed by atoms with E-state index in [-0.39, 0.29) is 10.8 Å². The van der Waals surface area contributed by atoms with Crippen molar-refractivity contribution in [2.24, 2.45) is 0 Å². The lowest BCUT2D eigenvalue weighted by Gasteiger charge is -2.42. The summed E-state index contributed by atoms with van der Waals surface area (Å²) < 4.78 is 0. The van der Waals surface area contributed by atoms with Crippen molar-refractivity contribution in [2.75, 3.05) is 0 Å². The highest BCUT2D eigenvalue weighted by molar-refractivity contribution is 6.10. The molecule has 0 heterocycles. The minimum Gasteiger partial charge on any atom is -0.0654 e. The fraction of sp³-hybridized carbons (Fsp3) is 0.500. The first-order chi connectivity index (χ1) is 13.3. The van der Waals surface area contributed by atoms with Gasteiger partial charge in [-0.2, -0.15) is 0 Å². The Morgan fingerprint density at radius 2 is 1.39 bits per heavy atom. The van der Waals surface area contributed by atoms with Crippen LogP contribution in [0, 0.1) is 0 Å². The summed E-state index contributed by atoms with van der Waals surface area (Å²) >= 11 is 0. The first kappa shape index (κ1) is 19.5. The third-order valence-corrected chi connectivity index (χ3v) is 7.21. The Bertz CT molecular complexity index is 1000. The third-order valence-electron chi connectivity index (χ3n) is 7.21. The Morgan fingerprint density at radius 1 is 0.714 bits per heavy atom. The van der Waals surface area contributed by atoms with Gasteiger partial charge >= 0.3 is 0 Å². The summed E-state index contributed by atoms with van der Waals surface area (Å²) in [4.78, 5) is 0. The van der Waals surface area contributed by atoms with Gasteiger partial charge in [0, 0.05) is 0 Å². The van der Waals surface area contributed by atoms with Crippen molar-refractivity contribution in [3.05, 3.63) is 59.2 Å². The number of hydrogen-bond donors (Lipinski definition) is 0. The molecule has 0 spiro atoms. The summed E-state index contributed by atoms with van der Waals surface area (Å²) in [5.41, 5.74) is 5.25. The molecule has 0 N–H and O–H groups in total. The van der Waals surface area contributed by atoms with Gasteiger partial charge in [-0.15, -0.1) is 0 Å². The van der Waals surface area contributed by atoms with E-state index >= 15 is 0 Å². The first-order valence-corrected chi connectivity index (χ1v) is 11.3. The summed E-state index contributed by atoms with van der Waals surface area (Å²) in [7, 11) is 0. The van der Waals surface area contributed by atoms with Crippen molar-refractivity contribution in [1.82, 2.24) is 0 Å². The van der Waals surface area contributed by atoms with Gasteiger partial charge in [-0.3, -0.25) is 0 Å². The van der Waals surface area contributed by atoms with Gasteiger partial charge in [0.05, 0.1) is 0 Å². The highest BCUT2D eigenvalue weighted by Crippen LogP contribution is 2.49. The largest absolute Gasteiger partial charge is 0.0654 e. The summed E-state index contributed by atoms with van der Waals surface area (Å²) in [5.74, 6) is 0. The van der Waals surface area contributed by atoms with Crippen LogP contribution in [0.5, 0.6) is 0 Å². The lowest BCUT2D eigenvalue weighted by Crippen LogP contribution is -2.34. The second kappa shape index (κ2) is 7.21. The standard InChI is InChI=1S/C28H36/c1-6-7-8-9-12-20-19-24-23(22-14-11-10-13-21(20)22)15-16-25-26(24)28(4,5)18-17-27(25,2)3/h10-11,13-16,19H,6-9,12,17-18H2,1-5H3. The lowest BCUT2D eigenvalue weighted by molar-refractivity contribution is 0.334. The Hall–Kier alpha value is -1.82. The molecule has 0 aliphatic heterocycles. The average Bonchev–Trinajstić information content (AvgIpc) is 2.68. The molecule has 1 aliphatic rings. The molecule has 3 aromatic carbocycles. The van der Waals surface area contributed by atoms with Gasteiger partial charge in [0.2, 0.25) is 0 Å². The number of aryl methyl sites for hydroxylation is 1. The SMILES string of the molecule is CCCCCCc1cc2c3c(ccc2c2ccccc12)C(C)(C)CCC3(C)C. The predicted octanol–water partition coefficient (Wildman–Crippen LogP) is 8.46. The van der Waals surface area contributed by atoms with Crippen molar-refractivity contribution in [2.45, 2.75) is 90.4 Å². The fourth-order valence-electron chi connectivity index (χ4n) is 5.38. The van der Waals surface area contributed by atoms with E-state index in [2.05, 4.69) is 77.1 Å². The Balaban J connectivity index is 1.97. The van der Waals surface area contributed by atoms with Gasteiger partial charge < -0.3 is 0 Å². The van der Waals surface area contributed by atoms with Crippen LogP contribution in [0.4, 0.5) is 0 Å². The topological polar surface area (TPSA) is 0 Å². The maximum atomic E-state index is 2.56. The smallest absolute Gasteiger partial charge is 0.00941 e. The second-order valence-corrected chi connectivity index (χ2v) is 10.2. The van der Waals surface area contributed by atoms with Crippen molar-refractivity contribution < 1.29 is 0 Å². The molecule has 3 aromatic rings. The molecule has 0 aromatic heterocycles. The van der Waals surface area contributed by atoms with Gasteiger partial charge in [0.1, 0.15) is 0 Å². The molecule has 0 bridgehead atoms. The number of fused-ring (bicyclic) bond motifs is 5. The van der Waals surface area contributed by atoms with Crippen LogP contribution in [0.1, 0.15) is 89.8 Å². The normalized spacial score (nSPS) is 17.8. The van der Waals surface area contributed by atoms with Gasteiger partial charge in [0.25, 0.3) is 0 Å². The van der Waals surface area contributed by atoms with Gasteiger partial charge in [0.15, 0.2) is 0 Å². The Morgan fingerprint density at radius 3 is 2.14 bits per heavy atom. The molecule has 0 unspecified atom stereocenters. The van der Waals surface area contributed by atoms with Crippen molar-refractivity contribution in [3.8, 4) is 0 Å². The number of rotatable bonds is 5. The lowest BCUT2D eigenvalue weighted by atomic mass is 9.62. The Labute approximate surface area is 171 Å². The van der Waals surface area contributed by atoms with Crippen LogP contribution in [0.3, 0.4) is 0 Å². The highest BCUT2D eigenvalue weighted by atomic mass is 14.4. The number of hydrogen-bond acceptors (Lipinski definition) is 0. The van der Waals surface area contributed by atoms with Crippen molar-refractivity contribution in [1.29, 1.82) is 0 Å². The maximum Gasteiger partial charge on any atom is -0.00941 e. The van der Waals surface area contributed by atoms with Crippen LogP contribution >= 0.6 is 0 Å². The Kier molecular flexibility index (Phi) is 5.02. The van der Waals surface area contributed by atoms with Gasteiger partial charge in [-0.1, -0.05) is 96.3 Å². The zero-order valence-electron chi connectivity index (χ0n) is 18.5. The van der Waals surface area contributed by atoms with Gasteiger partial charge in [-0.05, 0) is 74.7 Å². The van der Waals surface area contributed by atoms with E-state index in [1.807, 2.05) is 0 Å². The molecule has 148 valence electrons. The maximum absolute atomic E-state index is 2.56. The molecule has 4 rings (SSSR count). The summed E-state index contributed by atoms with van der Waals surface area (Å²) in [6.07, 6.45) is 9.03. The quantitative estimate of drug-likeness (QED) is 0.311. The van der Waals surface area contributed by atoms with Crippen LogP contribution < -0.4 is 0 Å². The van der Waals surface area contributed by atoms with E-state index in [1.54, 1.807) is 16.7 Å². The molecular formula is C28H36. The van der Waals surface area contributed by atoms with Crippen molar-refractivity contribution >= 4 is 21.5 Å². The molecule has 1 aliphatic carbocycles. The van der Waals surface area contributed by atoms with Crippen LogP contribution in [0.25, 0.3) is 21.5 Å². The van der Waals surface area contributed by atoms with E-state index in [9.17, 15) is 0 Å². The van der Waals surface area contributed by atoms with Crippen molar-refractivity contribution in [3.63, 3.8) is 0 Å². The molecule has 28 heavy (non-hydrogen) atoms. The minimum atomic E-state index is 0.242. The number of unbranched alkanes of at least 4 members (excludes halogenated alkanes) is 3. The predicted molar refractivity (Wildman–Crippen MR) is 125 cm³/mol. The zero-order valence-corrected chi connectivity index (χ0v) is 18.5. The highest BCUT2D eigenvalue weighted by Gasteiger charge is 2.38. The monoisotopic (exact) mass is 372 g/mol. The molecule has 0 atom stereocenters. The molecule has 0 radical (unpaired) electrons. The second-order valence-electron chi connectivity index (χ2n) is 10.2. The molecular weight excluding hydrogens is 336 g/mol. The van der Waals surface area contributed by atoms with E-state index in [0.717, 1.165) is 0 Å². The van der Waals surface area contributed by atoms with E-state index in [1.165, 1.54) is 66.5 Å². The third kappa shape index (κ3) is 3.25. The molecule has 0 amide bonds. The molecule has 0 saturated heterocycles. The van der Waals surface area contributed by atoms with E-state index in [4.69, 9.17) is 0 Å². The first-order valence-electron chi connectivity index (χ1n) is 11.3. The molecule has 0 fully saturated rings. The van der Waals surface area contributed by atoms with Gasteiger partial charge in [-0.25, -0.2) is 0 Å². The molecule has 0 saturated carbocycles. The van der Waals surface area contributed by atoms with Crippen LogP contribution in [0.15, 0.2) is 42.5 Å². The molecule has 0 heteroatoms. The van der Waals surface area contributed by atoms with Crippen LogP contribution in [-0.2, 0) is 17.3 Å². The average molecular weight is 373 g/mol. The fourth-order valence-corrected chi connectivity index (χ4v) is 5.38. The summed E-state index contributed by atoms with van der Waals surface area (Å²) in [6, 6.07) is 16.5.